The average Bonchev–Trinajstić information content (AvgIpc) is 3.00. The molecule has 0 bridgehead atoms. The quantitative estimate of drug-likeness (QED) is 0.794. The highest BCUT2D eigenvalue weighted by molar-refractivity contribution is 5.53. The minimum atomic E-state index is -0.589. The molecule has 5 heteroatoms. The van der Waals surface area contributed by atoms with Crippen LogP contribution in [-0.2, 0) is 5.54 Å². The Bertz CT molecular complexity index is 664. The van der Waals surface area contributed by atoms with Crippen molar-refractivity contribution in [2.45, 2.75) is 18.4 Å². The summed E-state index contributed by atoms with van der Waals surface area (Å²) in [6.45, 7) is 9.32. The number of nitrogens with zero attached hydrogens (tertiary/aromatic N) is 3. The molecule has 0 spiro atoms. The Kier molecular flexibility index (Phi) is 3.48. The Hall–Kier alpha value is -2.19. The number of likely N-dealkylation sites (tertiary alicyclic amines) is 1. The normalized spacial score (nSPS) is 18.3. The van der Waals surface area contributed by atoms with Gasteiger partial charge in [0.1, 0.15) is 12.1 Å². The number of piperidine rings is 1. The van der Waals surface area contributed by atoms with Crippen LogP contribution >= 0.6 is 0 Å². The smallest absolute Gasteiger partial charge is 0.279 e. The number of aromatic nitrogens is 1. The topological polar surface area (TPSA) is 33.6 Å². The summed E-state index contributed by atoms with van der Waals surface area (Å²) < 4.78 is 18.5. The number of rotatable bonds is 2. The summed E-state index contributed by atoms with van der Waals surface area (Å²) in [5.74, 6) is 0.144. The van der Waals surface area contributed by atoms with E-state index in [0.29, 0.717) is 11.6 Å². The van der Waals surface area contributed by atoms with E-state index in [1.165, 1.54) is 12.1 Å². The Morgan fingerprint density at radius 3 is 2.57 bits per heavy atom. The molecule has 0 radical (unpaired) electrons. The molecule has 108 valence electrons. The molecule has 2 heterocycles. The lowest BCUT2D eigenvalue weighted by molar-refractivity contribution is 0.213. The zero-order chi connectivity index (χ0) is 14.9. The van der Waals surface area contributed by atoms with E-state index in [9.17, 15) is 4.39 Å². The zero-order valence-electron chi connectivity index (χ0n) is 11.8. The minimum Gasteiger partial charge on any atom is -0.444 e. The second-order valence-corrected chi connectivity index (χ2v) is 5.49. The third kappa shape index (κ3) is 2.55. The van der Waals surface area contributed by atoms with Crippen LogP contribution in [0, 0.1) is 12.4 Å². The first-order valence-electron chi connectivity index (χ1n) is 6.92. The number of oxazole rings is 1. The fraction of sp³-hybridized carbons (Fsp3) is 0.375. The van der Waals surface area contributed by atoms with Crippen LogP contribution in [0.15, 0.2) is 34.9 Å². The van der Waals surface area contributed by atoms with Crippen LogP contribution in [0.5, 0.6) is 0 Å². The molecule has 0 saturated carbocycles. The van der Waals surface area contributed by atoms with E-state index >= 15 is 0 Å². The highest BCUT2D eigenvalue weighted by Gasteiger charge is 2.44. The lowest BCUT2D eigenvalue weighted by Crippen LogP contribution is -2.39. The number of hydrogen-bond acceptors (Lipinski definition) is 3. The summed E-state index contributed by atoms with van der Waals surface area (Å²) in [4.78, 5) is 10.5. The van der Waals surface area contributed by atoms with Crippen LogP contribution in [0.2, 0.25) is 0 Å². The number of benzene rings is 1. The third-order valence-corrected chi connectivity index (χ3v) is 4.10. The van der Waals surface area contributed by atoms with E-state index in [2.05, 4.69) is 21.8 Å². The van der Waals surface area contributed by atoms with Crippen LogP contribution in [-0.4, -0.2) is 30.0 Å². The predicted molar refractivity (Wildman–Crippen MR) is 76.9 cm³/mol. The summed E-state index contributed by atoms with van der Waals surface area (Å²) in [6, 6.07) is 6.01. The summed E-state index contributed by atoms with van der Waals surface area (Å²) in [5, 5.41) is 0. The SMILES string of the molecule is [C-]#[N+]C1(c2coc(-c3ccc(F)cc3)n2)CCN(C)CC1. The molecular weight excluding hydrogens is 269 g/mol. The largest absolute Gasteiger partial charge is 0.444 e. The van der Waals surface area contributed by atoms with Crippen molar-refractivity contribution in [3.63, 3.8) is 0 Å². The maximum atomic E-state index is 13.0. The Labute approximate surface area is 123 Å². The van der Waals surface area contributed by atoms with Gasteiger partial charge in [0.25, 0.3) is 5.54 Å². The fourth-order valence-corrected chi connectivity index (χ4v) is 2.63. The molecule has 0 unspecified atom stereocenters. The van der Waals surface area contributed by atoms with Gasteiger partial charge in [-0.15, -0.1) is 0 Å². The van der Waals surface area contributed by atoms with Gasteiger partial charge in [0.2, 0.25) is 5.89 Å². The van der Waals surface area contributed by atoms with Crippen LogP contribution in [0.25, 0.3) is 16.3 Å². The highest BCUT2D eigenvalue weighted by atomic mass is 19.1. The second kappa shape index (κ2) is 5.30. The molecule has 21 heavy (non-hydrogen) atoms. The van der Waals surface area contributed by atoms with E-state index in [-0.39, 0.29) is 5.82 Å². The van der Waals surface area contributed by atoms with Gasteiger partial charge in [-0.25, -0.2) is 15.9 Å². The van der Waals surface area contributed by atoms with E-state index in [0.717, 1.165) is 31.5 Å². The third-order valence-electron chi connectivity index (χ3n) is 4.10. The Morgan fingerprint density at radius 2 is 1.95 bits per heavy atom. The molecule has 4 nitrogen and oxygen atoms in total. The molecule has 0 aliphatic carbocycles. The number of hydrogen-bond donors (Lipinski definition) is 0. The van der Waals surface area contributed by atoms with E-state index in [1.807, 2.05) is 0 Å². The molecule has 1 saturated heterocycles. The van der Waals surface area contributed by atoms with Gasteiger partial charge in [0.05, 0.1) is 0 Å². The van der Waals surface area contributed by atoms with Crippen LogP contribution in [0.1, 0.15) is 18.5 Å². The minimum absolute atomic E-state index is 0.293. The molecule has 1 aromatic carbocycles. The maximum Gasteiger partial charge on any atom is 0.279 e. The summed E-state index contributed by atoms with van der Waals surface area (Å²) >= 11 is 0. The summed E-state index contributed by atoms with van der Waals surface area (Å²) in [7, 11) is 2.06. The van der Waals surface area contributed by atoms with Crippen molar-refractivity contribution < 1.29 is 8.81 Å². The lowest BCUT2D eigenvalue weighted by Gasteiger charge is -2.30. The van der Waals surface area contributed by atoms with Crippen molar-refractivity contribution >= 4 is 0 Å². The molecule has 1 aromatic heterocycles. The molecule has 1 fully saturated rings. The van der Waals surface area contributed by atoms with Crippen molar-refractivity contribution in [3.05, 3.63) is 53.5 Å². The molecule has 0 N–H and O–H groups in total. The van der Waals surface area contributed by atoms with Gasteiger partial charge < -0.3 is 14.2 Å². The highest BCUT2D eigenvalue weighted by Crippen LogP contribution is 2.37. The molecule has 1 aliphatic heterocycles. The molecule has 0 atom stereocenters. The fourth-order valence-electron chi connectivity index (χ4n) is 2.63. The standard InChI is InChI=1S/C16H16FN3O/c1-18-16(7-9-20(2)10-8-16)14-11-21-15(19-14)12-3-5-13(17)6-4-12/h3-6,11H,7-10H2,2H3. The van der Waals surface area contributed by atoms with Gasteiger partial charge in [-0.2, -0.15) is 0 Å². The van der Waals surface area contributed by atoms with Gasteiger partial charge in [-0.05, 0) is 31.3 Å². The average molecular weight is 285 g/mol. The van der Waals surface area contributed by atoms with Crippen molar-refractivity contribution in [3.8, 4) is 11.5 Å². The lowest BCUT2D eigenvalue weighted by atomic mass is 9.86. The van der Waals surface area contributed by atoms with Crippen LogP contribution in [0.4, 0.5) is 4.39 Å². The summed E-state index contributed by atoms with van der Waals surface area (Å²) in [6.07, 6.45) is 3.08. The molecular formula is C16H16FN3O. The first-order chi connectivity index (χ1) is 10.1. The van der Waals surface area contributed by atoms with Crippen molar-refractivity contribution in [2.75, 3.05) is 20.1 Å². The predicted octanol–water partition coefficient (Wildman–Crippen LogP) is 3.32. The van der Waals surface area contributed by atoms with Crippen molar-refractivity contribution in [1.29, 1.82) is 0 Å². The van der Waals surface area contributed by atoms with Gasteiger partial charge in [-0.1, -0.05) is 0 Å². The van der Waals surface area contributed by atoms with E-state index < -0.39 is 5.54 Å². The van der Waals surface area contributed by atoms with Gasteiger partial charge >= 0.3 is 0 Å². The Morgan fingerprint density at radius 1 is 1.29 bits per heavy atom. The van der Waals surface area contributed by atoms with E-state index in [1.54, 1.807) is 18.4 Å². The first-order valence-corrected chi connectivity index (χ1v) is 6.92. The zero-order valence-corrected chi connectivity index (χ0v) is 11.8. The maximum absolute atomic E-state index is 13.0. The van der Waals surface area contributed by atoms with Crippen molar-refractivity contribution in [2.24, 2.45) is 0 Å². The van der Waals surface area contributed by atoms with E-state index in [4.69, 9.17) is 11.0 Å². The van der Waals surface area contributed by atoms with Gasteiger partial charge in [-0.3, -0.25) is 0 Å². The molecule has 0 amide bonds. The first kappa shape index (κ1) is 13.8. The van der Waals surface area contributed by atoms with Gasteiger partial charge in [0, 0.05) is 31.5 Å². The van der Waals surface area contributed by atoms with Crippen molar-refractivity contribution in [1.82, 2.24) is 9.88 Å². The van der Waals surface area contributed by atoms with Gasteiger partial charge in [0.15, 0.2) is 5.69 Å². The van der Waals surface area contributed by atoms with Crippen LogP contribution < -0.4 is 0 Å². The molecule has 2 aromatic rings. The second-order valence-electron chi connectivity index (χ2n) is 5.49. The molecule has 1 aliphatic rings. The molecule has 3 rings (SSSR count). The van der Waals surface area contributed by atoms with Crippen LogP contribution in [0.3, 0.4) is 0 Å². The Balaban J connectivity index is 1.90. The summed E-state index contributed by atoms with van der Waals surface area (Å²) in [5.41, 5.74) is 0.814. The number of halogens is 1. The monoisotopic (exact) mass is 285 g/mol.